The van der Waals surface area contributed by atoms with Crippen molar-refractivity contribution in [2.24, 2.45) is 5.92 Å². The van der Waals surface area contributed by atoms with Crippen molar-refractivity contribution < 1.29 is 4.74 Å². The van der Waals surface area contributed by atoms with E-state index >= 15 is 0 Å². The molecule has 2 aliphatic heterocycles. The highest BCUT2D eigenvalue weighted by molar-refractivity contribution is 7.15. The summed E-state index contributed by atoms with van der Waals surface area (Å²) in [6.07, 6.45) is 6.04. The molecule has 0 aromatic carbocycles. The molecule has 0 spiro atoms. The average molecular weight is 314 g/mol. The van der Waals surface area contributed by atoms with Gasteiger partial charge in [0.15, 0.2) is 0 Å². The van der Waals surface area contributed by atoms with Gasteiger partial charge in [0.25, 0.3) is 0 Å². The van der Waals surface area contributed by atoms with E-state index in [4.69, 9.17) is 4.74 Å². The zero-order valence-corrected chi connectivity index (χ0v) is 13.8. The SMILES string of the molecule is Cc1ccc(-c2ccc(OC3CCN4CCCC3C4)nc2)s1. The summed E-state index contributed by atoms with van der Waals surface area (Å²) in [4.78, 5) is 9.72. The van der Waals surface area contributed by atoms with Gasteiger partial charge in [0.2, 0.25) is 5.88 Å². The Morgan fingerprint density at radius 2 is 2.14 bits per heavy atom. The van der Waals surface area contributed by atoms with Gasteiger partial charge in [0.1, 0.15) is 6.10 Å². The number of nitrogens with zero attached hydrogens (tertiary/aromatic N) is 2. The number of ether oxygens (including phenoxy) is 1. The first-order valence-electron chi connectivity index (χ1n) is 8.20. The smallest absolute Gasteiger partial charge is 0.213 e. The van der Waals surface area contributed by atoms with Crippen molar-refractivity contribution in [1.29, 1.82) is 0 Å². The normalized spacial score (nSPS) is 27.6. The summed E-state index contributed by atoms with van der Waals surface area (Å²) in [6, 6.07) is 8.47. The maximum Gasteiger partial charge on any atom is 0.213 e. The Morgan fingerprint density at radius 1 is 1.18 bits per heavy atom. The van der Waals surface area contributed by atoms with E-state index in [0.717, 1.165) is 12.3 Å². The predicted molar refractivity (Wildman–Crippen MR) is 90.5 cm³/mol. The minimum Gasteiger partial charge on any atom is -0.474 e. The standard InChI is InChI=1S/C18H22N2OS/c1-13-4-6-17(22-13)14-5-7-18(19-11-14)21-16-8-10-20-9-2-3-15(16)12-20/h4-7,11,15-16H,2-3,8-10,12H2,1H3. The molecule has 0 radical (unpaired) electrons. The highest BCUT2D eigenvalue weighted by Gasteiger charge is 2.33. The molecule has 3 atom stereocenters. The molecule has 3 unspecified atom stereocenters. The van der Waals surface area contributed by atoms with Gasteiger partial charge in [-0.1, -0.05) is 0 Å². The van der Waals surface area contributed by atoms with E-state index in [2.05, 4.69) is 35.0 Å². The lowest BCUT2D eigenvalue weighted by molar-refractivity contribution is 0.0128. The number of pyridine rings is 1. The summed E-state index contributed by atoms with van der Waals surface area (Å²) in [5, 5.41) is 0. The van der Waals surface area contributed by atoms with Gasteiger partial charge < -0.3 is 9.64 Å². The lowest BCUT2D eigenvalue weighted by Gasteiger charge is -2.42. The van der Waals surface area contributed by atoms with E-state index in [0.29, 0.717) is 12.0 Å². The largest absolute Gasteiger partial charge is 0.474 e. The van der Waals surface area contributed by atoms with E-state index < -0.39 is 0 Å². The molecule has 0 amide bonds. The first-order chi connectivity index (χ1) is 10.8. The van der Waals surface area contributed by atoms with Gasteiger partial charge in [-0.15, -0.1) is 11.3 Å². The fourth-order valence-corrected chi connectivity index (χ4v) is 4.50. The number of thiophene rings is 1. The second kappa shape index (κ2) is 6.01. The Kier molecular flexibility index (Phi) is 3.89. The number of aromatic nitrogens is 1. The summed E-state index contributed by atoms with van der Waals surface area (Å²) >= 11 is 1.81. The van der Waals surface area contributed by atoms with Crippen LogP contribution in [-0.4, -0.2) is 35.6 Å². The summed E-state index contributed by atoms with van der Waals surface area (Å²) in [5.41, 5.74) is 1.18. The molecule has 0 N–H and O–H groups in total. The number of hydrogen-bond acceptors (Lipinski definition) is 4. The zero-order valence-electron chi connectivity index (χ0n) is 13.0. The molecule has 2 fully saturated rings. The van der Waals surface area contributed by atoms with Crippen molar-refractivity contribution in [3.8, 4) is 16.3 Å². The van der Waals surface area contributed by atoms with Crippen molar-refractivity contribution in [3.63, 3.8) is 0 Å². The van der Waals surface area contributed by atoms with Gasteiger partial charge >= 0.3 is 0 Å². The fraction of sp³-hybridized carbons (Fsp3) is 0.500. The minimum absolute atomic E-state index is 0.346. The Bertz CT molecular complexity index is 637. The van der Waals surface area contributed by atoms with Gasteiger partial charge in [0.05, 0.1) is 0 Å². The first kappa shape index (κ1) is 14.2. The van der Waals surface area contributed by atoms with Crippen molar-refractivity contribution in [2.45, 2.75) is 32.3 Å². The third-order valence-electron chi connectivity index (χ3n) is 4.83. The quantitative estimate of drug-likeness (QED) is 0.857. The van der Waals surface area contributed by atoms with Crippen LogP contribution < -0.4 is 4.74 Å². The second-order valence-electron chi connectivity index (χ2n) is 6.44. The molecule has 4 heteroatoms. The minimum atomic E-state index is 0.346. The fourth-order valence-electron chi connectivity index (χ4n) is 3.64. The van der Waals surface area contributed by atoms with Gasteiger partial charge in [-0.05, 0) is 50.9 Å². The Hall–Kier alpha value is -1.39. The van der Waals surface area contributed by atoms with Crippen molar-refractivity contribution in [2.75, 3.05) is 19.6 Å². The van der Waals surface area contributed by atoms with Gasteiger partial charge in [-0.25, -0.2) is 4.98 Å². The topological polar surface area (TPSA) is 25.4 Å². The highest BCUT2D eigenvalue weighted by Crippen LogP contribution is 2.31. The van der Waals surface area contributed by atoms with Crippen molar-refractivity contribution >= 4 is 11.3 Å². The first-order valence-corrected chi connectivity index (χ1v) is 9.01. The number of hydrogen-bond donors (Lipinski definition) is 0. The maximum absolute atomic E-state index is 6.20. The molecule has 116 valence electrons. The van der Waals surface area contributed by atoms with Crippen LogP contribution >= 0.6 is 11.3 Å². The summed E-state index contributed by atoms with van der Waals surface area (Å²) in [5.74, 6) is 1.46. The van der Waals surface area contributed by atoms with Gasteiger partial charge in [-0.2, -0.15) is 0 Å². The van der Waals surface area contributed by atoms with Crippen molar-refractivity contribution in [1.82, 2.24) is 9.88 Å². The van der Waals surface area contributed by atoms with Crippen LogP contribution in [0.3, 0.4) is 0 Å². The molecule has 2 aromatic heterocycles. The second-order valence-corrected chi connectivity index (χ2v) is 7.73. The monoisotopic (exact) mass is 314 g/mol. The van der Waals surface area contributed by atoms with E-state index in [1.165, 1.54) is 47.8 Å². The molecule has 2 bridgehead atoms. The molecule has 4 rings (SSSR count). The number of rotatable bonds is 3. The Labute approximate surface area is 135 Å². The van der Waals surface area contributed by atoms with Crippen LogP contribution in [0.15, 0.2) is 30.5 Å². The summed E-state index contributed by atoms with van der Waals surface area (Å²) in [6.45, 7) is 5.79. The van der Waals surface area contributed by atoms with Crippen LogP contribution in [0.4, 0.5) is 0 Å². The maximum atomic E-state index is 6.20. The lowest BCUT2D eigenvalue weighted by Crippen LogP contribution is -2.49. The van der Waals surface area contributed by atoms with Crippen LogP contribution in [0.1, 0.15) is 24.1 Å². The predicted octanol–water partition coefficient (Wildman–Crippen LogP) is 3.98. The molecule has 0 aliphatic carbocycles. The van der Waals surface area contributed by atoms with Crippen molar-refractivity contribution in [3.05, 3.63) is 35.3 Å². The van der Waals surface area contributed by atoms with Gasteiger partial charge in [-0.3, -0.25) is 0 Å². The van der Waals surface area contributed by atoms with Crippen LogP contribution in [0.2, 0.25) is 0 Å². The van der Waals surface area contributed by atoms with Crippen LogP contribution in [0.5, 0.6) is 5.88 Å². The number of piperidine rings is 2. The molecule has 4 heterocycles. The Balaban J connectivity index is 1.45. The molecule has 22 heavy (non-hydrogen) atoms. The van der Waals surface area contributed by atoms with Crippen LogP contribution in [-0.2, 0) is 0 Å². The summed E-state index contributed by atoms with van der Waals surface area (Å²) in [7, 11) is 0. The molecular formula is C18H22N2OS. The molecular weight excluding hydrogens is 292 g/mol. The average Bonchev–Trinajstić information content (AvgIpc) is 2.98. The third-order valence-corrected chi connectivity index (χ3v) is 5.88. The van der Waals surface area contributed by atoms with E-state index in [9.17, 15) is 0 Å². The molecule has 2 aliphatic rings. The number of fused-ring (bicyclic) bond motifs is 2. The number of aryl methyl sites for hydroxylation is 1. The Morgan fingerprint density at radius 3 is 2.91 bits per heavy atom. The molecule has 2 aromatic rings. The van der Waals surface area contributed by atoms with Crippen LogP contribution in [0.25, 0.3) is 10.4 Å². The van der Waals surface area contributed by atoms with Gasteiger partial charge in [0, 0.05) is 46.6 Å². The molecule has 3 nitrogen and oxygen atoms in total. The third kappa shape index (κ3) is 2.90. The highest BCUT2D eigenvalue weighted by atomic mass is 32.1. The zero-order chi connectivity index (χ0) is 14.9. The van der Waals surface area contributed by atoms with E-state index in [1.54, 1.807) is 0 Å². The van der Waals surface area contributed by atoms with Crippen LogP contribution in [0, 0.1) is 12.8 Å². The van der Waals surface area contributed by atoms with E-state index in [-0.39, 0.29) is 0 Å². The molecule has 0 saturated carbocycles. The van der Waals surface area contributed by atoms with E-state index in [1.807, 2.05) is 23.6 Å². The summed E-state index contributed by atoms with van der Waals surface area (Å²) < 4.78 is 6.20. The lowest BCUT2D eigenvalue weighted by atomic mass is 9.87. The molecule has 2 saturated heterocycles.